The predicted octanol–water partition coefficient (Wildman–Crippen LogP) is 1.59. The Labute approximate surface area is 124 Å². The zero-order valence-corrected chi connectivity index (χ0v) is 13.1. The van der Waals surface area contributed by atoms with Gasteiger partial charge in [0.25, 0.3) is 0 Å². The van der Waals surface area contributed by atoms with Crippen LogP contribution in [-0.2, 0) is 20.9 Å². The molecule has 0 fully saturated rings. The smallest absolute Gasteiger partial charge is 0.306 e. The molecule has 0 unspecified atom stereocenters. The number of amides is 1. The zero-order valence-electron chi connectivity index (χ0n) is 12.3. The Morgan fingerprint density at radius 1 is 1.40 bits per heavy atom. The van der Waals surface area contributed by atoms with Crippen LogP contribution in [0.1, 0.15) is 18.9 Å². The maximum Gasteiger partial charge on any atom is 0.306 e. The van der Waals surface area contributed by atoms with Gasteiger partial charge in [-0.2, -0.15) is 11.3 Å². The Morgan fingerprint density at radius 2 is 2.15 bits per heavy atom. The summed E-state index contributed by atoms with van der Waals surface area (Å²) in [5.41, 5.74) is 1.14. The van der Waals surface area contributed by atoms with Gasteiger partial charge in [-0.1, -0.05) is 6.92 Å². The lowest BCUT2D eigenvalue weighted by molar-refractivity contribution is -0.141. The summed E-state index contributed by atoms with van der Waals surface area (Å²) in [6, 6.07) is 2.02. The summed E-state index contributed by atoms with van der Waals surface area (Å²) in [6.45, 7) is 4.20. The molecule has 112 valence electrons. The minimum absolute atomic E-state index is 0.0583. The highest BCUT2D eigenvalue weighted by molar-refractivity contribution is 7.07. The second kappa shape index (κ2) is 8.71. The van der Waals surface area contributed by atoms with Crippen molar-refractivity contribution in [3.8, 4) is 0 Å². The molecule has 1 aromatic heterocycles. The lowest BCUT2D eigenvalue weighted by atomic mass is 10.3. The number of likely N-dealkylation sites (N-methyl/N-ethyl adjacent to an activating group) is 2. The molecule has 1 aromatic rings. The number of carbonyl (C=O) groups excluding carboxylic acids is 2. The molecule has 0 bridgehead atoms. The summed E-state index contributed by atoms with van der Waals surface area (Å²) in [7, 11) is 3.17. The molecule has 0 aliphatic rings. The fourth-order valence-corrected chi connectivity index (χ4v) is 2.42. The lowest BCUT2D eigenvalue weighted by Crippen LogP contribution is -2.39. The van der Waals surface area contributed by atoms with E-state index >= 15 is 0 Å². The number of hydrogen-bond acceptors (Lipinski definition) is 5. The molecule has 0 atom stereocenters. The van der Waals surface area contributed by atoms with Crippen molar-refractivity contribution in [1.82, 2.24) is 9.80 Å². The SMILES string of the molecule is CCN(CCC(=O)OC)CC(=O)N(C)Cc1ccsc1. The normalized spacial score (nSPS) is 10.6. The number of esters is 1. The van der Waals surface area contributed by atoms with Crippen molar-refractivity contribution < 1.29 is 14.3 Å². The number of thiophene rings is 1. The summed E-state index contributed by atoms with van der Waals surface area (Å²) in [5, 5.41) is 4.04. The molecule has 5 nitrogen and oxygen atoms in total. The Balaban J connectivity index is 2.39. The third kappa shape index (κ3) is 5.71. The topological polar surface area (TPSA) is 49.9 Å². The highest BCUT2D eigenvalue weighted by Crippen LogP contribution is 2.08. The first-order valence-electron chi connectivity index (χ1n) is 6.61. The molecular formula is C14H22N2O3S. The Morgan fingerprint density at radius 3 is 2.70 bits per heavy atom. The minimum Gasteiger partial charge on any atom is -0.469 e. The van der Waals surface area contributed by atoms with E-state index in [1.165, 1.54) is 7.11 Å². The minimum atomic E-state index is -0.248. The van der Waals surface area contributed by atoms with Gasteiger partial charge < -0.3 is 9.64 Å². The molecule has 20 heavy (non-hydrogen) atoms. The first-order valence-corrected chi connectivity index (χ1v) is 7.55. The van der Waals surface area contributed by atoms with E-state index in [4.69, 9.17) is 0 Å². The van der Waals surface area contributed by atoms with Crippen LogP contribution in [0.5, 0.6) is 0 Å². The molecule has 0 radical (unpaired) electrons. The van der Waals surface area contributed by atoms with Crippen LogP contribution in [0.4, 0.5) is 0 Å². The van der Waals surface area contributed by atoms with Gasteiger partial charge in [0.15, 0.2) is 0 Å². The number of rotatable bonds is 8. The van der Waals surface area contributed by atoms with E-state index in [9.17, 15) is 9.59 Å². The predicted molar refractivity (Wildman–Crippen MR) is 79.5 cm³/mol. The molecule has 1 rings (SSSR count). The monoisotopic (exact) mass is 298 g/mol. The van der Waals surface area contributed by atoms with E-state index in [2.05, 4.69) is 4.74 Å². The van der Waals surface area contributed by atoms with Crippen LogP contribution in [0.3, 0.4) is 0 Å². The van der Waals surface area contributed by atoms with Gasteiger partial charge >= 0.3 is 5.97 Å². The summed E-state index contributed by atoms with van der Waals surface area (Å²) < 4.78 is 4.61. The fraction of sp³-hybridized carbons (Fsp3) is 0.571. The third-order valence-electron chi connectivity index (χ3n) is 3.09. The van der Waals surface area contributed by atoms with Gasteiger partial charge in [-0.05, 0) is 28.9 Å². The summed E-state index contributed by atoms with van der Waals surface area (Å²) >= 11 is 1.63. The third-order valence-corrected chi connectivity index (χ3v) is 3.82. The maximum atomic E-state index is 12.1. The number of hydrogen-bond donors (Lipinski definition) is 0. The largest absolute Gasteiger partial charge is 0.469 e. The van der Waals surface area contributed by atoms with Gasteiger partial charge in [0.1, 0.15) is 0 Å². The molecule has 1 amide bonds. The van der Waals surface area contributed by atoms with Crippen molar-refractivity contribution in [2.75, 3.05) is 33.8 Å². The van der Waals surface area contributed by atoms with E-state index in [1.807, 2.05) is 28.7 Å². The zero-order chi connectivity index (χ0) is 15.0. The maximum absolute atomic E-state index is 12.1. The first kappa shape index (κ1) is 16.7. The molecular weight excluding hydrogens is 276 g/mol. The lowest BCUT2D eigenvalue weighted by Gasteiger charge is -2.23. The Kier molecular flexibility index (Phi) is 7.25. The summed E-state index contributed by atoms with van der Waals surface area (Å²) in [4.78, 5) is 26.9. The van der Waals surface area contributed by atoms with Crippen LogP contribution in [0.2, 0.25) is 0 Å². The molecule has 0 saturated heterocycles. The van der Waals surface area contributed by atoms with Crippen molar-refractivity contribution in [3.63, 3.8) is 0 Å². The van der Waals surface area contributed by atoms with Gasteiger partial charge in [-0.15, -0.1) is 0 Å². The van der Waals surface area contributed by atoms with Crippen LogP contribution in [0, 0.1) is 0 Å². The molecule has 6 heteroatoms. The number of ether oxygens (including phenoxy) is 1. The summed E-state index contributed by atoms with van der Waals surface area (Å²) in [5.74, 6) is -0.189. The van der Waals surface area contributed by atoms with Gasteiger partial charge in [0.05, 0.1) is 20.1 Å². The van der Waals surface area contributed by atoms with Crippen LogP contribution in [-0.4, -0.2) is 55.5 Å². The highest BCUT2D eigenvalue weighted by Gasteiger charge is 2.15. The number of carbonyl (C=O) groups is 2. The van der Waals surface area contributed by atoms with Crippen molar-refractivity contribution in [3.05, 3.63) is 22.4 Å². The Bertz CT molecular complexity index is 420. The quantitative estimate of drug-likeness (QED) is 0.684. The van der Waals surface area contributed by atoms with E-state index < -0.39 is 0 Å². The summed E-state index contributed by atoms with van der Waals surface area (Å²) in [6.07, 6.45) is 0.311. The second-order valence-corrected chi connectivity index (χ2v) is 5.36. The van der Waals surface area contributed by atoms with Crippen LogP contribution in [0.15, 0.2) is 16.8 Å². The van der Waals surface area contributed by atoms with E-state index in [0.29, 0.717) is 26.1 Å². The first-order chi connectivity index (χ1) is 9.56. The average Bonchev–Trinajstić information content (AvgIpc) is 2.95. The molecule has 0 N–H and O–H groups in total. The van der Waals surface area contributed by atoms with Gasteiger partial charge in [0.2, 0.25) is 5.91 Å². The standard InChI is InChI=1S/C14H22N2O3S/c1-4-16(7-5-14(18)19-3)10-13(17)15(2)9-12-6-8-20-11-12/h6,8,11H,4-5,7,9-10H2,1-3H3. The number of nitrogens with zero attached hydrogens (tertiary/aromatic N) is 2. The van der Waals surface area contributed by atoms with Crippen LogP contribution in [0.25, 0.3) is 0 Å². The van der Waals surface area contributed by atoms with Crippen molar-refractivity contribution in [2.45, 2.75) is 19.9 Å². The van der Waals surface area contributed by atoms with Crippen molar-refractivity contribution >= 4 is 23.2 Å². The van der Waals surface area contributed by atoms with Gasteiger partial charge in [-0.25, -0.2) is 0 Å². The average molecular weight is 298 g/mol. The van der Waals surface area contributed by atoms with Gasteiger partial charge in [0, 0.05) is 20.1 Å². The highest BCUT2D eigenvalue weighted by atomic mass is 32.1. The van der Waals surface area contributed by atoms with Crippen LogP contribution < -0.4 is 0 Å². The van der Waals surface area contributed by atoms with Crippen molar-refractivity contribution in [1.29, 1.82) is 0 Å². The van der Waals surface area contributed by atoms with E-state index in [-0.39, 0.29) is 11.9 Å². The van der Waals surface area contributed by atoms with E-state index in [0.717, 1.165) is 12.1 Å². The number of methoxy groups -OCH3 is 1. The van der Waals surface area contributed by atoms with E-state index in [1.54, 1.807) is 23.3 Å². The fourth-order valence-electron chi connectivity index (χ4n) is 1.76. The molecule has 0 aliphatic heterocycles. The van der Waals surface area contributed by atoms with Crippen molar-refractivity contribution in [2.24, 2.45) is 0 Å². The second-order valence-electron chi connectivity index (χ2n) is 4.58. The molecule has 0 spiro atoms. The van der Waals surface area contributed by atoms with Crippen LogP contribution >= 0.6 is 11.3 Å². The molecule has 0 aromatic carbocycles. The van der Waals surface area contributed by atoms with Gasteiger partial charge in [-0.3, -0.25) is 14.5 Å². The molecule has 0 saturated carbocycles. The molecule has 0 aliphatic carbocycles. The molecule has 1 heterocycles. The Hall–Kier alpha value is -1.40.